The number of likely N-dealkylation sites (N-methyl/N-ethyl adjacent to an activating group) is 1. The molecule has 0 bridgehead atoms. The van der Waals surface area contributed by atoms with Crippen LogP contribution in [0.3, 0.4) is 0 Å². The van der Waals surface area contributed by atoms with Crippen LogP contribution in [0, 0.1) is 0 Å². The zero-order valence-electron chi connectivity index (χ0n) is 7.47. The molecule has 1 unspecified atom stereocenters. The van der Waals surface area contributed by atoms with Crippen LogP contribution in [-0.2, 0) is 4.74 Å². The molecule has 66 valence electrons. The van der Waals surface area contributed by atoms with Crippen molar-refractivity contribution in [3.63, 3.8) is 0 Å². The highest BCUT2D eigenvalue weighted by Crippen LogP contribution is 2.01. The first kappa shape index (κ1) is 8.97. The number of rotatable bonds is 4. The molecule has 0 spiro atoms. The third-order valence-corrected chi connectivity index (χ3v) is 1.91. The fourth-order valence-electron chi connectivity index (χ4n) is 1.17. The summed E-state index contributed by atoms with van der Waals surface area (Å²) in [4.78, 5) is 2.14. The fraction of sp³-hybridized carbons (Fsp3) is 1.00. The number of hydrogen-bond donors (Lipinski definition) is 1. The molecule has 1 N–H and O–H groups in total. The Bertz CT molecular complexity index is 100. The molecule has 0 amide bonds. The highest BCUT2D eigenvalue weighted by Gasteiger charge is 2.13. The highest BCUT2D eigenvalue weighted by atomic mass is 16.5. The molecular weight excluding hydrogens is 140 g/mol. The van der Waals surface area contributed by atoms with Crippen LogP contribution in [0.1, 0.15) is 6.42 Å². The van der Waals surface area contributed by atoms with Gasteiger partial charge in [-0.05, 0) is 27.1 Å². The van der Waals surface area contributed by atoms with Crippen molar-refractivity contribution in [1.29, 1.82) is 0 Å². The molecule has 1 heterocycles. The minimum atomic E-state index is 0.468. The van der Waals surface area contributed by atoms with Crippen molar-refractivity contribution >= 4 is 0 Å². The molecule has 1 saturated heterocycles. The topological polar surface area (TPSA) is 24.5 Å². The van der Waals surface area contributed by atoms with Gasteiger partial charge in [0.1, 0.15) is 0 Å². The van der Waals surface area contributed by atoms with Crippen molar-refractivity contribution in [2.75, 3.05) is 40.3 Å². The molecule has 0 aromatic carbocycles. The van der Waals surface area contributed by atoms with Gasteiger partial charge in [-0.2, -0.15) is 0 Å². The van der Waals surface area contributed by atoms with E-state index in [0.29, 0.717) is 6.10 Å². The van der Waals surface area contributed by atoms with E-state index in [-0.39, 0.29) is 0 Å². The Kier molecular flexibility index (Phi) is 3.83. The molecule has 1 rings (SSSR count). The van der Waals surface area contributed by atoms with E-state index < -0.39 is 0 Å². The van der Waals surface area contributed by atoms with E-state index in [9.17, 15) is 0 Å². The molecule has 0 radical (unpaired) electrons. The summed E-state index contributed by atoms with van der Waals surface area (Å²) in [7, 11) is 4.13. The summed E-state index contributed by atoms with van der Waals surface area (Å²) >= 11 is 0. The lowest BCUT2D eigenvalue weighted by atomic mass is 10.3. The maximum Gasteiger partial charge on any atom is 0.0712 e. The molecule has 0 aromatic rings. The summed E-state index contributed by atoms with van der Waals surface area (Å²) in [5.41, 5.74) is 0. The number of hydrogen-bond acceptors (Lipinski definition) is 3. The average molecular weight is 158 g/mol. The fourth-order valence-corrected chi connectivity index (χ4v) is 1.17. The molecule has 3 heteroatoms. The maximum atomic E-state index is 5.61. The van der Waals surface area contributed by atoms with Crippen molar-refractivity contribution in [2.45, 2.75) is 12.5 Å². The van der Waals surface area contributed by atoms with Crippen LogP contribution in [-0.4, -0.2) is 51.3 Å². The number of nitrogens with one attached hydrogen (secondary N) is 1. The second kappa shape index (κ2) is 4.70. The number of nitrogens with zero attached hydrogens (tertiary/aromatic N) is 1. The molecular formula is C8H18N2O. The lowest BCUT2D eigenvalue weighted by Crippen LogP contribution is -2.23. The SMILES string of the molecule is CN(C)CCOC1CCNC1. The standard InChI is InChI=1S/C8H18N2O/c1-10(2)5-6-11-8-3-4-9-7-8/h8-9H,3-7H2,1-2H3. The van der Waals surface area contributed by atoms with Crippen LogP contribution in [0.2, 0.25) is 0 Å². The second-order valence-electron chi connectivity index (χ2n) is 3.29. The Hall–Kier alpha value is -0.120. The van der Waals surface area contributed by atoms with Gasteiger partial charge in [-0.25, -0.2) is 0 Å². The first-order valence-corrected chi connectivity index (χ1v) is 4.26. The van der Waals surface area contributed by atoms with Gasteiger partial charge in [0.25, 0.3) is 0 Å². The third-order valence-electron chi connectivity index (χ3n) is 1.91. The van der Waals surface area contributed by atoms with Crippen LogP contribution < -0.4 is 5.32 Å². The van der Waals surface area contributed by atoms with Crippen molar-refractivity contribution < 1.29 is 4.74 Å². The van der Waals surface area contributed by atoms with Gasteiger partial charge >= 0.3 is 0 Å². The van der Waals surface area contributed by atoms with Crippen LogP contribution in [0.25, 0.3) is 0 Å². The average Bonchev–Trinajstić information content (AvgIpc) is 2.39. The molecule has 0 saturated carbocycles. The van der Waals surface area contributed by atoms with Gasteiger partial charge in [0.15, 0.2) is 0 Å². The molecule has 3 nitrogen and oxygen atoms in total. The Morgan fingerprint density at radius 3 is 2.91 bits per heavy atom. The quantitative estimate of drug-likeness (QED) is 0.619. The van der Waals surface area contributed by atoms with Crippen molar-refractivity contribution in [2.24, 2.45) is 0 Å². The summed E-state index contributed by atoms with van der Waals surface area (Å²) in [6, 6.07) is 0. The highest BCUT2D eigenvalue weighted by molar-refractivity contribution is 4.70. The van der Waals surface area contributed by atoms with Gasteiger partial charge in [-0.15, -0.1) is 0 Å². The first-order valence-electron chi connectivity index (χ1n) is 4.26. The molecule has 1 atom stereocenters. The van der Waals surface area contributed by atoms with Crippen LogP contribution in [0.5, 0.6) is 0 Å². The van der Waals surface area contributed by atoms with Gasteiger partial charge in [0.05, 0.1) is 12.7 Å². The molecule has 0 aliphatic carbocycles. The lowest BCUT2D eigenvalue weighted by molar-refractivity contribution is 0.0570. The van der Waals surface area contributed by atoms with Crippen LogP contribution in [0.4, 0.5) is 0 Å². The predicted octanol–water partition coefficient (Wildman–Crippen LogP) is -0.0735. The van der Waals surface area contributed by atoms with E-state index in [4.69, 9.17) is 4.74 Å². The smallest absolute Gasteiger partial charge is 0.0712 e. The van der Waals surface area contributed by atoms with E-state index in [1.165, 1.54) is 6.42 Å². The summed E-state index contributed by atoms with van der Waals surface area (Å²) in [6.07, 6.45) is 1.64. The van der Waals surface area contributed by atoms with E-state index in [0.717, 1.165) is 26.2 Å². The van der Waals surface area contributed by atoms with Crippen LogP contribution in [0.15, 0.2) is 0 Å². The van der Waals surface area contributed by atoms with Gasteiger partial charge in [-0.3, -0.25) is 0 Å². The molecule has 1 fully saturated rings. The van der Waals surface area contributed by atoms with Gasteiger partial charge < -0.3 is 15.0 Å². The minimum absolute atomic E-state index is 0.468. The normalized spacial score (nSPS) is 24.8. The largest absolute Gasteiger partial charge is 0.376 e. The Balaban J connectivity index is 1.94. The lowest BCUT2D eigenvalue weighted by Gasteiger charge is -2.13. The molecule has 1 aliphatic rings. The van der Waals surface area contributed by atoms with Crippen LogP contribution >= 0.6 is 0 Å². The third kappa shape index (κ3) is 3.70. The van der Waals surface area contributed by atoms with E-state index in [1.807, 2.05) is 0 Å². The maximum absolute atomic E-state index is 5.61. The number of ether oxygens (including phenoxy) is 1. The van der Waals surface area contributed by atoms with Gasteiger partial charge in [0.2, 0.25) is 0 Å². The van der Waals surface area contributed by atoms with Gasteiger partial charge in [-0.1, -0.05) is 0 Å². The van der Waals surface area contributed by atoms with E-state index in [1.54, 1.807) is 0 Å². The zero-order valence-corrected chi connectivity index (χ0v) is 7.47. The predicted molar refractivity (Wildman–Crippen MR) is 45.8 cm³/mol. The summed E-state index contributed by atoms with van der Waals surface area (Å²) in [6.45, 7) is 4.04. The Morgan fingerprint density at radius 1 is 1.55 bits per heavy atom. The minimum Gasteiger partial charge on any atom is -0.376 e. The Morgan fingerprint density at radius 2 is 2.36 bits per heavy atom. The zero-order chi connectivity index (χ0) is 8.10. The monoisotopic (exact) mass is 158 g/mol. The van der Waals surface area contributed by atoms with Crippen molar-refractivity contribution in [1.82, 2.24) is 10.2 Å². The van der Waals surface area contributed by atoms with E-state index >= 15 is 0 Å². The summed E-state index contributed by atoms with van der Waals surface area (Å²) in [5.74, 6) is 0. The van der Waals surface area contributed by atoms with E-state index in [2.05, 4.69) is 24.3 Å². The summed E-state index contributed by atoms with van der Waals surface area (Å²) < 4.78 is 5.61. The second-order valence-corrected chi connectivity index (χ2v) is 3.29. The van der Waals surface area contributed by atoms with Gasteiger partial charge in [0, 0.05) is 13.1 Å². The molecule has 11 heavy (non-hydrogen) atoms. The summed E-state index contributed by atoms with van der Waals surface area (Å²) in [5, 5.41) is 3.27. The van der Waals surface area contributed by atoms with Crippen molar-refractivity contribution in [3.05, 3.63) is 0 Å². The molecule has 0 aromatic heterocycles. The Labute approximate surface area is 68.7 Å². The van der Waals surface area contributed by atoms with Crippen molar-refractivity contribution in [3.8, 4) is 0 Å². The molecule has 1 aliphatic heterocycles. The first-order chi connectivity index (χ1) is 5.29.